The molecular formula is C21H27N9O. The summed E-state index contributed by atoms with van der Waals surface area (Å²) in [6, 6.07) is 0.232. The summed E-state index contributed by atoms with van der Waals surface area (Å²) < 4.78 is 3.81. The van der Waals surface area contributed by atoms with Crippen LogP contribution < -0.4 is 10.2 Å². The number of hydrogen-bond acceptors (Lipinski definition) is 7. The van der Waals surface area contributed by atoms with Crippen LogP contribution in [0, 0.1) is 11.8 Å². The van der Waals surface area contributed by atoms with Crippen molar-refractivity contribution in [2.75, 3.05) is 36.4 Å². The Labute approximate surface area is 180 Å². The maximum atomic E-state index is 12.0. The number of anilines is 3. The number of nitrogens with zero attached hydrogens (tertiary/aromatic N) is 8. The Kier molecular flexibility index (Phi) is 4.64. The summed E-state index contributed by atoms with van der Waals surface area (Å²) in [7, 11) is 1.88. The van der Waals surface area contributed by atoms with E-state index < -0.39 is 0 Å². The molecule has 3 aromatic rings. The minimum atomic E-state index is 0.0161. The molecule has 0 aliphatic carbocycles. The SMILES string of the molecule is C=CC(=O)N1C[C@@H]2CN(c3nc(Nc4cnn(C)c4)c4ncn(C(C)C)c4n3)C[C@@H]2C1. The molecule has 2 atom stereocenters. The van der Waals surface area contributed by atoms with Gasteiger partial charge in [0, 0.05) is 57.3 Å². The molecular weight excluding hydrogens is 394 g/mol. The highest BCUT2D eigenvalue weighted by atomic mass is 16.2. The molecule has 1 amide bonds. The molecule has 0 radical (unpaired) electrons. The van der Waals surface area contributed by atoms with Crippen LogP contribution in [0.2, 0.25) is 0 Å². The van der Waals surface area contributed by atoms with Crippen LogP contribution >= 0.6 is 0 Å². The van der Waals surface area contributed by atoms with E-state index in [1.165, 1.54) is 6.08 Å². The Morgan fingerprint density at radius 3 is 2.58 bits per heavy atom. The van der Waals surface area contributed by atoms with Crippen LogP contribution in [0.1, 0.15) is 19.9 Å². The Morgan fingerprint density at radius 2 is 1.97 bits per heavy atom. The van der Waals surface area contributed by atoms with Gasteiger partial charge in [-0.3, -0.25) is 9.48 Å². The molecule has 2 aliphatic rings. The number of nitrogens with one attached hydrogen (secondary N) is 1. The minimum absolute atomic E-state index is 0.0161. The number of hydrogen-bond donors (Lipinski definition) is 1. The number of aromatic nitrogens is 6. The molecule has 0 unspecified atom stereocenters. The first kappa shape index (κ1) is 19.5. The first-order valence-corrected chi connectivity index (χ1v) is 10.6. The van der Waals surface area contributed by atoms with Gasteiger partial charge in [-0.25, -0.2) is 4.98 Å². The maximum absolute atomic E-state index is 12.0. The van der Waals surface area contributed by atoms with Gasteiger partial charge in [-0.2, -0.15) is 15.1 Å². The van der Waals surface area contributed by atoms with E-state index in [1.807, 2.05) is 24.5 Å². The summed E-state index contributed by atoms with van der Waals surface area (Å²) in [6.07, 6.45) is 6.88. The zero-order valence-electron chi connectivity index (χ0n) is 18.1. The number of rotatable bonds is 5. The molecule has 2 fully saturated rings. The second-order valence-corrected chi connectivity index (χ2v) is 8.69. The number of carbonyl (C=O) groups is 1. The molecule has 1 N–H and O–H groups in total. The number of fused-ring (bicyclic) bond motifs is 2. The van der Waals surface area contributed by atoms with Crippen molar-refractivity contribution in [3.05, 3.63) is 31.4 Å². The highest BCUT2D eigenvalue weighted by Gasteiger charge is 2.42. The third kappa shape index (κ3) is 3.41. The minimum Gasteiger partial charge on any atom is -0.340 e. The van der Waals surface area contributed by atoms with Gasteiger partial charge in [0.05, 0.1) is 18.2 Å². The summed E-state index contributed by atoms with van der Waals surface area (Å²) in [5, 5.41) is 7.59. The molecule has 5 heterocycles. The van der Waals surface area contributed by atoms with Crippen LogP contribution in [0.3, 0.4) is 0 Å². The molecule has 0 saturated carbocycles. The lowest BCUT2D eigenvalue weighted by Crippen LogP contribution is -2.32. The van der Waals surface area contributed by atoms with Crippen LogP contribution in [0.15, 0.2) is 31.4 Å². The fraction of sp³-hybridized carbons (Fsp3) is 0.476. The van der Waals surface area contributed by atoms with Crippen LogP contribution in [0.5, 0.6) is 0 Å². The normalized spacial score (nSPS) is 20.6. The summed E-state index contributed by atoms with van der Waals surface area (Å²) in [5.74, 6) is 2.23. The predicted octanol–water partition coefficient (Wildman–Crippen LogP) is 1.96. The van der Waals surface area contributed by atoms with E-state index in [9.17, 15) is 4.79 Å². The summed E-state index contributed by atoms with van der Waals surface area (Å²) in [6.45, 7) is 11.0. The van der Waals surface area contributed by atoms with Gasteiger partial charge in [0.1, 0.15) is 0 Å². The molecule has 0 aromatic carbocycles. The van der Waals surface area contributed by atoms with Gasteiger partial charge >= 0.3 is 0 Å². The van der Waals surface area contributed by atoms with E-state index in [0.717, 1.165) is 43.0 Å². The smallest absolute Gasteiger partial charge is 0.245 e. The van der Waals surface area contributed by atoms with Gasteiger partial charge in [-0.05, 0) is 19.9 Å². The fourth-order valence-corrected chi connectivity index (χ4v) is 4.60. The quantitative estimate of drug-likeness (QED) is 0.629. The van der Waals surface area contributed by atoms with E-state index in [-0.39, 0.29) is 11.9 Å². The molecule has 2 aliphatic heterocycles. The van der Waals surface area contributed by atoms with Crippen LogP contribution in [0.25, 0.3) is 11.2 Å². The Hall–Kier alpha value is -3.43. The number of aryl methyl sites for hydroxylation is 1. The summed E-state index contributed by atoms with van der Waals surface area (Å²) in [4.78, 5) is 30.4. The molecule has 10 heteroatoms. The summed E-state index contributed by atoms with van der Waals surface area (Å²) in [5.41, 5.74) is 2.40. The van der Waals surface area contributed by atoms with Gasteiger partial charge in [0.15, 0.2) is 17.0 Å². The second kappa shape index (κ2) is 7.36. The van der Waals surface area contributed by atoms with Gasteiger partial charge in [0.2, 0.25) is 11.9 Å². The summed E-state index contributed by atoms with van der Waals surface area (Å²) >= 11 is 0. The van der Waals surface area contributed by atoms with E-state index in [4.69, 9.17) is 9.97 Å². The molecule has 2 saturated heterocycles. The van der Waals surface area contributed by atoms with Gasteiger partial charge in [-0.1, -0.05) is 6.58 Å². The van der Waals surface area contributed by atoms with Crippen molar-refractivity contribution in [1.29, 1.82) is 0 Å². The number of imidazole rings is 1. The Bertz CT molecular complexity index is 1130. The average Bonchev–Trinajstić information content (AvgIpc) is 3.49. The average molecular weight is 422 g/mol. The monoisotopic (exact) mass is 421 g/mol. The Balaban J connectivity index is 1.47. The van der Waals surface area contributed by atoms with Crippen molar-refractivity contribution < 1.29 is 4.79 Å². The molecule has 10 nitrogen and oxygen atoms in total. The molecule has 31 heavy (non-hydrogen) atoms. The first-order valence-electron chi connectivity index (χ1n) is 10.6. The number of amides is 1. The largest absolute Gasteiger partial charge is 0.340 e. The molecule has 5 rings (SSSR count). The topological polar surface area (TPSA) is 97.0 Å². The van der Waals surface area contributed by atoms with Gasteiger partial charge < -0.3 is 19.7 Å². The van der Waals surface area contributed by atoms with E-state index in [0.29, 0.717) is 23.6 Å². The molecule has 0 spiro atoms. The predicted molar refractivity (Wildman–Crippen MR) is 118 cm³/mol. The third-order valence-electron chi connectivity index (χ3n) is 6.19. The molecule has 162 valence electrons. The second-order valence-electron chi connectivity index (χ2n) is 8.69. The highest BCUT2D eigenvalue weighted by molar-refractivity contribution is 5.87. The van der Waals surface area contributed by atoms with E-state index in [2.05, 4.69) is 45.3 Å². The van der Waals surface area contributed by atoms with Crippen molar-refractivity contribution in [2.45, 2.75) is 19.9 Å². The Morgan fingerprint density at radius 1 is 1.23 bits per heavy atom. The van der Waals surface area contributed by atoms with E-state index in [1.54, 1.807) is 10.9 Å². The van der Waals surface area contributed by atoms with Crippen LogP contribution in [0.4, 0.5) is 17.5 Å². The standard InChI is InChI=1S/C21H27N9O/c1-5-17(31)28-7-14-9-29(10-15(14)8-28)21-25-19(24-16-6-23-27(4)11-16)18-20(26-21)30(12-22-18)13(2)3/h5-6,11-15H,1,7-10H2,2-4H3,(H,24,25,26)/t14-,15+. The lowest BCUT2D eigenvalue weighted by atomic mass is 10.0. The van der Waals surface area contributed by atoms with Crippen molar-refractivity contribution in [2.24, 2.45) is 18.9 Å². The zero-order valence-corrected chi connectivity index (χ0v) is 18.1. The highest BCUT2D eigenvalue weighted by Crippen LogP contribution is 2.35. The van der Waals surface area contributed by atoms with Crippen molar-refractivity contribution in [3.63, 3.8) is 0 Å². The van der Waals surface area contributed by atoms with Crippen molar-refractivity contribution in [3.8, 4) is 0 Å². The van der Waals surface area contributed by atoms with Gasteiger partial charge in [0.25, 0.3) is 0 Å². The fourth-order valence-electron chi connectivity index (χ4n) is 4.60. The zero-order chi connectivity index (χ0) is 21.7. The molecule has 3 aromatic heterocycles. The first-order chi connectivity index (χ1) is 14.9. The lowest BCUT2D eigenvalue weighted by Gasteiger charge is -2.21. The number of likely N-dealkylation sites (tertiary alicyclic amines) is 1. The number of carbonyl (C=O) groups excluding carboxylic acids is 1. The van der Waals surface area contributed by atoms with E-state index >= 15 is 0 Å². The maximum Gasteiger partial charge on any atom is 0.245 e. The third-order valence-corrected chi connectivity index (χ3v) is 6.19. The van der Waals surface area contributed by atoms with Crippen molar-refractivity contribution >= 4 is 34.5 Å². The lowest BCUT2D eigenvalue weighted by molar-refractivity contribution is -0.125. The van der Waals surface area contributed by atoms with Crippen LogP contribution in [-0.2, 0) is 11.8 Å². The molecule has 0 bridgehead atoms. The van der Waals surface area contributed by atoms with Crippen LogP contribution in [-0.4, -0.2) is 66.3 Å². The van der Waals surface area contributed by atoms with Gasteiger partial charge in [-0.15, -0.1) is 0 Å². The van der Waals surface area contributed by atoms with Crippen molar-refractivity contribution in [1.82, 2.24) is 34.2 Å².